The minimum Gasteiger partial charge on any atom is -0.290 e. The van der Waals surface area contributed by atoms with Gasteiger partial charge in [0.1, 0.15) is 0 Å². The molecule has 1 aliphatic carbocycles. The van der Waals surface area contributed by atoms with Crippen LogP contribution in [0.5, 0.6) is 0 Å². The lowest BCUT2D eigenvalue weighted by atomic mass is 9.87. The van der Waals surface area contributed by atoms with Crippen LogP contribution in [0.2, 0.25) is 0 Å². The van der Waals surface area contributed by atoms with E-state index >= 15 is 0 Å². The Morgan fingerprint density at radius 2 is 1.83 bits per heavy atom. The molecule has 92 valence electrons. The van der Waals surface area contributed by atoms with Crippen molar-refractivity contribution in [2.45, 2.75) is 26.2 Å². The van der Waals surface area contributed by atoms with E-state index in [-0.39, 0.29) is 11.6 Å². The Labute approximate surface area is 107 Å². The minimum atomic E-state index is -0.122. The third kappa shape index (κ3) is 2.33. The molecule has 0 saturated carbocycles. The number of ketones is 2. The van der Waals surface area contributed by atoms with Crippen molar-refractivity contribution in [3.8, 4) is 0 Å². The maximum Gasteiger partial charge on any atom is 0.186 e. The van der Waals surface area contributed by atoms with Gasteiger partial charge in [-0.25, -0.2) is 0 Å². The number of benzene rings is 1. The van der Waals surface area contributed by atoms with Gasteiger partial charge in [-0.05, 0) is 41.7 Å². The molecule has 2 rings (SSSR count). The van der Waals surface area contributed by atoms with Crippen molar-refractivity contribution in [1.29, 1.82) is 0 Å². The number of hydrogen-bond acceptors (Lipinski definition) is 2. The molecule has 0 heterocycles. The van der Waals surface area contributed by atoms with Crippen molar-refractivity contribution in [3.63, 3.8) is 0 Å². The molecule has 0 fully saturated rings. The summed E-state index contributed by atoms with van der Waals surface area (Å²) in [5, 5.41) is 0. The third-order valence-electron chi connectivity index (χ3n) is 3.35. The lowest BCUT2D eigenvalue weighted by Gasteiger charge is -2.16. The SMILES string of the molecule is CCC(C)c1ccccc1C1=CC(=O)C=CC1=O. The quantitative estimate of drug-likeness (QED) is 0.760. The Morgan fingerprint density at radius 3 is 2.56 bits per heavy atom. The molecule has 0 spiro atoms. The molecule has 0 aromatic heterocycles. The van der Waals surface area contributed by atoms with Crippen LogP contribution in [0.4, 0.5) is 0 Å². The Balaban J connectivity index is 2.51. The van der Waals surface area contributed by atoms with Gasteiger partial charge in [-0.2, -0.15) is 0 Å². The van der Waals surface area contributed by atoms with E-state index in [1.807, 2.05) is 24.3 Å². The molecule has 1 unspecified atom stereocenters. The zero-order chi connectivity index (χ0) is 13.1. The molecule has 18 heavy (non-hydrogen) atoms. The van der Waals surface area contributed by atoms with Gasteiger partial charge < -0.3 is 0 Å². The Hall–Kier alpha value is -1.96. The average Bonchev–Trinajstić information content (AvgIpc) is 2.40. The number of rotatable bonds is 3. The largest absolute Gasteiger partial charge is 0.290 e. The summed E-state index contributed by atoms with van der Waals surface area (Å²) in [6.07, 6.45) is 5.11. The molecule has 1 aromatic carbocycles. The number of allylic oxidation sites excluding steroid dienone is 4. The molecule has 0 radical (unpaired) electrons. The fraction of sp³-hybridized carbons (Fsp3) is 0.250. The smallest absolute Gasteiger partial charge is 0.186 e. The minimum absolute atomic E-state index is 0.0923. The number of hydrogen-bond donors (Lipinski definition) is 0. The van der Waals surface area contributed by atoms with Crippen LogP contribution in [-0.2, 0) is 9.59 Å². The molecule has 0 saturated heterocycles. The summed E-state index contributed by atoms with van der Waals surface area (Å²) in [5.41, 5.74) is 2.52. The van der Waals surface area contributed by atoms with Crippen LogP contribution < -0.4 is 0 Å². The second-order valence-corrected chi connectivity index (χ2v) is 4.55. The van der Waals surface area contributed by atoms with Crippen LogP contribution in [0.15, 0.2) is 42.5 Å². The monoisotopic (exact) mass is 240 g/mol. The van der Waals surface area contributed by atoms with Crippen LogP contribution in [0, 0.1) is 0 Å². The third-order valence-corrected chi connectivity index (χ3v) is 3.35. The van der Waals surface area contributed by atoms with E-state index in [2.05, 4.69) is 13.8 Å². The molecule has 0 bridgehead atoms. The molecule has 1 aliphatic rings. The molecule has 0 N–H and O–H groups in total. The highest BCUT2D eigenvalue weighted by Gasteiger charge is 2.19. The Bertz CT molecular complexity index is 550. The molecule has 1 aromatic rings. The lowest BCUT2D eigenvalue weighted by molar-refractivity contribution is -0.113. The van der Waals surface area contributed by atoms with Crippen LogP contribution in [0.25, 0.3) is 5.57 Å². The van der Waals surface area contributed by atoms with Gasteiger partial charge in [0.2, 0.25) is 0 Å². The fourth-order valence-corrected chi connectivity index (χ4v) is 2.11. The van der Waals surface area contributed by atoms with Crippen LogP contribution in [0.1, 0.15) is 37.3 Å². The Kier molecular flexibility index (Phi) is 3.56. The first-order valence-corrected chi connectivity index (χ1v) is 6.21. The summed E-state index contributed by atoms with van der Waals surface area (Å²) in [5.74, 6) is 0.157. The van der Waals surface area contributed by atoms with E-state index in [4.69, 9.17) is 0 Å². The molecular formula is C16H16O2. The van der Waals surface area contributed by atoms with Crippen LogP contribution in [0.3, 0.4) is 0 Å². The highest BCUT2D eigenvalue weighted by atomic mass is 16.1. The zero-order valence-electron chi connectivity index (χ0n) is 10.6. The summed E-state index contributed by atoms with van der Waals surface area (Å²) < 4.78 is 0. The first-order valence-electron chi connectivity index (χ1n) is 6.21. The van der Waals surface area contributed by atoms with Gasteiger partial charge in [0.25, 0.3) is 0 Å². The maximum atomic E-state index is 11.9. The number of carbonyl (C=O) groups excluding carboxylic acids is 2. The van der Waals surface area contributed by atoms with Gasteiger partial charge >= 0.3 is 0 Å². The molecule has 0 aliphatic heterocycles. The molecule has 0 amide bonds. The van der Waals surface area contributed by atoms with E-state index in [0.717, 1.165) is 17.5 Å². The van der Waals surface area contributed by atoms with Gasteiger partial charge in [-0.1, -0.05) is 38.1 Å². The van der Waals surface area contributed by atoms with E-state index in [9.17, 15) is 9.59 Å². The molecule has 1 atom stereocenters. The van der Waals surface area contributed by atoms with Gasteiger partial charge in [-0.15, -0.1) is 0 Å². The van der Waals surface area contributed by atoms with Gasteiger partial charge in [-0.3, -0.25) is 9.59 Å². The highest BCUT2D eigenvalue weighted by Crippen LogP contribution is 2.29. The zero-order valence-corrected chi connectivity index (χ0v) is 10.6. The van der Waals surface area contributed by atoms with E-state index in [0.29, 0.717) is 11.5 Å². The van der Waals surface area contributed by atoms with E-state index in [1.54, 1.807) is 0 Å². The first kappa shape index (κ1) is 12.5. The van der Waals surface area contributed by atoms with Crippen LogP contribution >= 0.6 is 0 Å². The highest BCUT2D eigenvalue weighted by molar-refractivity contribution is 6.34. The number of carbonyl (C=O) groups is 2. The van der Waals surface area contributed by atoms with Crippen molar-refractivity contribution >= 4 is 17.1 Å². The van der Waals surface area contributed by atoms with E-state index in [1.165, 1.54) is 18.2 Å². The first-order chi connectivity index (χ1) is 8.63. The maximum absolute atomic E-state index is 11.9. The summed E-state index contributed by atoms with van der Waals surface area (Å²) in [6, 6.07) is 7.81. The van der Waals surface area contributed by atoms with E-state index < -0.39 is 0 Å². The van der Waals surface area contributed by atoms with Gasteiger partial charge in [0.05, 0.1) is 0 Å². The van der Waals surface area contributed by atoms with Crippen molar-refractivity contribution in [3.05, 3.63) is 53.6 Å². The van der Waals surface area contributed by atoms with Crippen molar-refractivity contribution in [2.75, 3.05) is 0 Å². The van der Waals surface area contributed by atoms with Gasteiger partial charge in [0, 0.05) is 5.57 Å². The molecule has 2 heteroatoms. The molecule has 2 nitrogen and oxygen atoms in total. The van der Waals surface area contributed by atoms with Crippen molar-refractivity contribution in [2.24, 2.45) is 0 Å². The second-order valence-electron chi connectivity index (χ2n) is 4.55. The average molecular weight is 240 g/mol. The second kappa shape index (κ2) is 5.13. The fourth-order valence-electron chi connectivity index (χ4n) is 2.11. The summed E-state index contributed by atoms with van der Waals surface area (Å²) >= 11 is 0. The predicted octanol–water partition coefficient (Wildman–Crippen LogP) is 3.29. The van der Waals surface area contributed by atoms with Crippen molar-refractivity contribution < 1.29 is 9.59 Å². The van der Waals surface area contributed by atoms with Crippen LogP contribution in [-0.4, -0.2) is 11.6 Å². The summed E-state index contributed by atoms with van der Waals surface area (Å²) in [7, 11) is 0. The van der Waals surface area contributed by atoms with Gasteiger partial charge in [0.15, 0.2) is 11.6 Å². The standard InChI is InChI=1S/C16H16O2/c1-3-11(2)13-6-4-5-7-14(13)15-10-12(17)8-9-16(15)18/h4-11H,3H2,1-2H3. The normalized spacial score (nSPS) is 16.7. The summed E-state index contributed by atoms with van der Waals surface area (Å²) in [4.78, 5) is 23.3. The Morgan fingerprint density at radius 1 is 1.11 bits per heavy atom. The predicted molar refractivity (Wildman–Crippen MR) is 72.3 cm³/mol. The molecular weight excluding hydrogens is 224 g/mol. The van der Waals surface area contributed by atoms with Crippen molar-refractivity contribution in [1.82, 2.24) is 0 Å². The topological polar surface area (TPSA) is 34.1 Å². The summed E-state index contributed by atoms with van der Waals surface area (Å²) in [6.45, 7) is 4.24. The lowest BCUT2D eigenvalue weighted by Crippen LogP contribution is -2.09.